The minimum Gasteiger partial charge on any atom is -0.350 e. The molecule has 1 rings (SSSR count). The number of nitrogens with two attached hydrogens (primary N) is 5. The molecule has 11 heteroatoms. The molecule has 1 aromatic carbocycles. The number of anilines is 2. The molecule has 0 atom stereocenters. The Kier molecular flexibility index (Phi) is 4.42. The van der Waals surface area contributed by atoms with Crippen molar-refractivity contribution in [2.75, 3.05) is 10.0 Å². The van der Waals surface area contributed by atoms with Crippen LogP contribution in [0.1, 0.15) is 10.4 Å². The number of hydrogen-bond donors (Lipinski definition) is 6. The monoisotopic (exact) mass is 282 g/mol. The number of primary amides is 2. The van der Waals surface area contributed by atoms with Gasteiger partial charge in [0.2, 0.25) is 0 Å². The van der Waals surface area contributed by atoms with E-state index in [1.165, 1.54) is 18.2 Å². The molecule has 0 heterocycles. The number of urea groups is 2. The summed E-state index contributed by atoms with van der Waals surface area (Å²) in [5.41, 5.74) is 11.8. The molecule has 11 N–H and O–H groups in total. The number of hydrogen-bond acceptors (Lipinski definition) is 6. The molecule has 0 unspecified atom stereocenters. The minimum absolute atomic E-state index is 0.0259. The molecule has 0 saturated carbocycles. The van der Waals surface area contributed by atoms with Gasteiger partial charge in [-0.1, -0.05) is 0 Å². The summed E-state index contributed by atoms with van der Waals surface area (Å²) >= 11 is 0. The Hall–Kier alpha value is -2.89. The number of benzene rings is 1. The molecular formula is C9H14N8O3. The van der Waals surface area contributed by atoms with Crippen molar-refractivity contribution < 1.29 is 14.4 Å². The van der Waals surface area contributed by atoms with Crippen LogP contribution in [0.3, 0.4) is 0 Å². The van der Waals surface area contributed by atoms with E-state index in [2.05, 4.69) is 0 Å². The van der Waals surface area contributed by atoms with Crippen LogP contribution in [0.15, 0.2) is 18.2 Å². The number of hydrazine groups is 3. The normalized spacial score (nSPS) is 9.75. The van der Waals surface area contributed by atoms with E-state index in [0.717, 1.165) is 0 Å². The fraction of sp³-hybridized carbons (Fsp3) is 0. The molecule has 0 aromatic heterocycles. The van der Waals surface area contributed by atoms with Crippen molar-refractivity contribution in [1.29, 1.82) is 0 Å². The van der Waals surface area contributed by atoms with E-state index in [1.807, 2.05) is 5.43 Å². The second kappa shape index (κ2) is 5.83. The van der Waals surface area contributed by atoms with Gasteiger partial charge in [0.15, 0.2) is 0 Å². The molecule has 11 nitrogen and oxygen atoms in total. The van der Waals surface area contributed by atoms with E-state index in [9.17, 15) is 14.4 Å². The molecular weight excluding hydrogens is 268 g/mol. The zero-order valence-electron chi connectivity index (χ0n) is 10.2. The van der Waals surface area contributed by atoms with E-state index in [0.29, 0.717) is 10.0 Å². The highest BCUT2D eigenvalue weighted by molar-refractivity contribution is 6.05. The van der Waals surface area contributed by atoms with Gasteiger partial charge in [-0.15, -0.1) is 0 Å². The lowest BCUT2D eigenvalue weighted by Gasteiger charge is -2.20. The van der Waals surface area contributed by atoms with Crippen LogP contribution < -0.4 is 44.4 Å². The van der Waals surface area contributed by atoms with Gasteiger partial charge < -0.3 is 11.5 Å². The maximum Gasteiger partial charge on any atom is 0.333 e. The predicted octanol–water partition coefficient (Wildman–Crippen LogP) is -2.19. The molecule has 20 heavy (non-hydrogen) atoms. The van der Waals surface area contributed by atoms with Crippen LogP contribution in [-0.4, -0.2) is 18.0 Å². The molecule has 0 aliphatic rings. The molecule has 0 spiro atoms. The van der Waals surface area contributed by atoms with Gasteiger partial charge in [-0.05, 0) is 18.2 Å². The Morgan fingerprint density at radius 1 is 1.00 bits per heavy atom. The molecule has 0 bridgehead atoms. The number of rotatable bonds is 3. The van der Waals surface area contributed by atoms with Crippen LogP contribution in [0.25, 0.3) is 0 Å². The van der Waals surface area contributed by atoms with Gasteiger partial charge in [-0.3, -0.25) is 10.2 Å². The molecule has 0 saturated heterocycles. The number of carbonyl (C=O) groups is 3. The molecule has 108 valence electrons. The molecule has 5 amide bonds. The zero-order chi connectivity index (χ0) is 15.4. The number of carbonyl (C=O) groups excluding carboxylic acids is 3. The molecule has 1 aromatic rings. The highest BCUT2D eigenvalue weighted by Gasteiger charge is 2.20. The summed E-state index contributed by atoms with van der Waals surface area (Å²) in [6.45, 7) is 0. The summed E-state index contributed by atoms with van der Waals surface area (Å²) in [7, 11) is 0. The summed E-state index contributed by atoms with van der Waals surface area (Å²) < 4.78 is 0. The van der Waals surface area contributed by atoms with Gasteiger partial charge in [0.25, 0.3) is 5.91 Å². The average Bonchev–Trinajstić information content (AvgIpc) is 2.43. The average molecular weight is 282 g/mol. The largest absolute Gasteiger partial charge is 0.350 e. The highest BCUT2D eigenvalue weighted by Crippen LogP contribution is 2.24. The first-order valence-corrected chi connectivity index (χ1v) is 5.13. The van der Waals surface area contributed by atoms with Crippen molar-refractivity contribution in [2.45, 2.75) is 0 Å². The van der Waals surface area contributed by atoms with Gasteiger partial charge in [-0.25, -0.2) is 37.1 Å². The summed E-state index contributed by atoms with van der Waals surface area (Å²) in [6.07, 6.45) is 0. The fourth-order valence-corrected chi connectivity index (χ4v) is 1.39. The zero-order valence-corrected chi connectivity index (χ0v) is 10.2. The number of nitrogens with one attached hydrogen (secondary N) is 1. The first kappa shape index (κ1) is 15.2. The van der Waals surface area contributed by atoms with E-state index >= 15 is 0 Å². The van der Waals surface area contributed by atoms with Crippen LogP contribution in [0, 0.1) is 0 Å². The topological polar surface area (TPSA) is 200 Å². The smallest absolute Gasteiger partial charge is 0.333 e. The number of amides is 5. The van der Waals surface area contributed by atoms with Gasteiger partial charge >= 0.3 is 12.1 Å². The van der Waals surface area contributed by atoms with Crippen LogP contribution in [0.5, 0.6) is 0 Å². The maximum absolute atomic E-state index is 11.7. The lowest BCUT2D eigenvalue weighted by Crippen LogP contribution is -2.44. The Labute approximate surface area is 113 Å². The van der Waals surface area contributed by atoms with E-state index in [-0.39, 0.29) is 16.9 Å². The molecule has 0 aliphatic carbocycles. The van der Waals surface area contributed by atoms with Crippen molar-refractivity contribution in [1.82, 2.24) is 5.43 Å². The van der Waals surface area contributed by atoms with Crippen LogP contribution in [0.4, 0.5) is 21.0 Å². The first-order valence-electron chi connectivity index (χ1n) is 5.13. The standard InChI is InChI=1S/C9H14N8O3/c10-8(19)16(13)4-1-2-6(17(14)9(11)20)5(3-4)7(18)15-12/h1-3H,12-14H2,(H2,10,19)(H2,11,20)(H,15,18). The lowest BCUT2D eigenvalue weighted by molar-refractivity contribution is 0.0954. The summed E-state index contributed by atoms with van der Waals surface area (Å²) in [4.78, 5) is 33.7. The number of nitrogens with zero attached hydrogens (tertiary/aromatic N) is 2. The summed E-state index contributed by atoms with van der Waals surface area (Å²) in [6, 6.07) is 1.80. The summed E-state index contributed by atoms with van der Waals surface area (Å²) in [5, 5.41) is 1.14. The molecule has 0 fully saturated rings. The van der Waals surface area contributed by atoms with Gasteiger partial charge in [0.05, 0.1) is 16.9 Å². The maximum atomic E-state index is 11.7. The Morgan fingerprint density at radius 3 is 2.00 bits per heavy atom. The number of nitrogen functional groups attached to an aromatic ring is 1. The van der Waals surface area contributed by atoms with Gasteiger partial charge in [0, 0.05) is 0 Å². The lowest BCUT2D eigenvalue weighted by atomic mass is 10.1. The second-order valence-electron chi connectivity index (χ2n) is 3.59. The highest BCUT2D eigenvalue weighted by atomic mass is 16.2. The predicted molar refractivity (Wildman–Crippen MR) is 70.6 cm³/mol. The first-order chi connectivity index (χ1) is 9.29. The van der Waals surface area contributed by atoms with Crippen molar-refractivity contribution in [3.63, 3.8) is 0 Å². The van der Waals surface area contributed by atoms with Crippen molar-refractivity contribution >= 4 is 29.3 Å². The third kappa shape index (κ3) is 2.92. The third-order valence-corrected chi connectivity index (χ3v) is 2.37. The quantitative estimate of drug-likeness (QED) is 0.206. The van der Waals surface area contributed by atoms with Crippen LogP contribution in [0.2, 0.25) is 0 Å². The third-order valence-electron chi connectivity index (χ3n) is 2.37. The van der Waals surface area contributed by atoms with E-state index in [4.69, 9.17) is 29.0 Å². The van der Waals surface area contributed by atoms with Gasteiger partial charge in [-0.2, -0.15) is 0 Å². The Morgan fingerprint density at radius 2 is 1.55 bits per heavy atom. The molecule has 0 aliphatic heterocycles. The fourth-order valence-electron chi connectivity index (χ4n) is 1.39. The van der Waals surface area contributed by atoms with Gasteiger partial charge in [0.1, 0.15) is 0 Å². The Balaban J connectivity index is 3.37. The van der Waals surface area contributed by atoms with Crippen molar-refractivity contribution in [2.24, 2.45) is 29.0 Å². The second-order valence-corrected chi connectivity index (χ2v) is 3.59. The SMILES string of the molecule is NNC(=O)c1cc(N(N)C(N)=O)ccc1N(N)C(N)=O. The van der Waals surface area contributed by atoms with Crippen LogP contribution >= 0.6 is 0 Å². The van der Waals surface area contributed by atoms with Crippen molar-refractivity contribution in [3.05, 3.63) is 23.8 Å². The van der Waals surface area contributed by atoms with E-state index in [1.54, 1.807) is 0 Å². The Bertz CT molecular complexity index is 560. The van der Waals surface area contributed by atoms with Crippen LogP contribution in [-0.2, 0) is 0 Å². The minimum atomic E-state index is -0.997. The summed E-state index contributed by atoms with van der Waals surface area (Å²) in [5.74, 6) is 15.1. The van der Waals surface area contributed by atoms with E-state index < -0.39 is 18.0 Å². The molecule has 0 radical (unpaired) electrons. The van der Waals surface area contributed by atoms with Crippen molar-refractivity contribution in [3.8, 4) is 0 Å².